The van der Waals surface area contributed by atoms with Crippen molar-refractivity contribution < 1.29 is 19.0 Å². The number of carbonyl (C=O) groups is 1. The van der Waals surface area contributed by atoms with Gasteiger partial charge in [-0.3, -0.25) is 4.79 Å². The predicted octanol–water partition coefficient (Wildman–Crippen LogP) is 3.74. The maximum Gasteiger partial charge on any atom is 0.244 e. The molecule has 5 nitrogen and oxygen atoms in total. The Morgan fingerprint density at radius 1 is 1.00 bits per heavy atom. The van der Waals surface area contributed by atoms with Gasteiger partial charge in [0.25, 0.3) is 0 Å². The summed E-state index contributed by atoms with van der Waals surface area (Å²) in [5.41, 5.74) is 1.83. The zero-order valence-corrected chi connectivity index (χ0v) is 15.8. The number of benzene rings is 2. The number of carbonyl (C=O) groups excluding carboxylic acids is 1. The molecule has 2 rings (SSSR count). The second-order valence-corrected chi connectivity index (χ2v) is 5.86. The summed E-state index contributed by atoms with van der Waals surface area (Å²) in [5, 5.41) is 3.55. The molecule has 0 radical (unpaired) electrons. The summed E-state index contributed by atoms with van der Waals surface area (Å²) in [5.74, 6) is 1.38. The molecule has 0 aliphatic heterocycles. The van der Waals surface area contributed by atoms with Gasteiger partial charge in [0.2, 0.25) is 11.7 Å². The summed E-state index contributed by atoms with van der Waals surface area (Å²) in [6, 6.07) is 11.1. The lowest BCUT2D eigenvalue weighted by atomic mass is 10.1. The lowest BCUT2D eigenvalue weighted by Gasteiger charge is -2.13. The Bertz CT molecular complexity index is 772. The molecule has 0 bridgehead atoms. The van der Waals surface area contributed by atoms with E-state index in [0.29, 0.717) is 28.8 Å². The van der Waals surface area contributed by atoms with E-state index in [2.05, 4.69) is 5.32 Å². The first-order chi connectivity index (χ1) is 12.6. The van der Waals surface area contributed by atoms with Gasteiger partial charge >= 0.3 is 0 Å². The average Bonchev–Trinajstić information content (AvgIpc) is 2.66. The standard InChI is InChI=1S/C20H22ClNO4/c1-24-17-10-6-15(19(25-2)20(17)26-3)7-11-18(23)22-13-12-14-4-8-16(21)9-5-14/h4-11H,12-13H2,1-3H3,(H,22,23)/b11-7+. The lowest BCUT2D eigenvalue weighted by molar-refractivity contribution is -0.116. The molecule has 2 aromatic carbocycles. The molecule has 26 heavy (non-hydrogen) atoms. The fourth-order valence-electron chi connectivity index (χ4n) is 2.46. The number of ether oxygens (including phenoxy) is 3. The van der Waals surface area contributed by atoms with Gasteiger partial charge in [-0.2, -0.15) is 0 Å². The van der Waals surface area contributed by atoms with Crippen molar-refractivity contribution in [3.05, 3.63) is 58.6 Å². The van der Waals surface area contributed by atoms with E-state index in [9.17, 15) is 4.79 Å². The third kappa shape index (κ3) is 5.17. The van der Waals surface area contributed by atoms with E-state index < -0.39 is 0 Å². The van der Waals surface area contributed by atoms with Crippen molar-refractivity contribution in [2.45, 2.75) is 6.42 Å². The number of hydrogen-bond acceptors (Lipinski definition) is 4. The molecule has 6 heteroatoms. The first-order valence-corrected chi connectivity index (χ1v) is 8.46. The van der Waals surface area contributed by atoms with E-state index >= 15 is 0 Å². The SMILES string of the molecule is COc1ccc(/C=C/C(=O)NCCc2ccc(Cl)cc2)c(OC)c1OC. The van der Waals surface area contributed by atoms with Crippen LogP contribution in [0.25, 0.3) is 6.08 Å². The van der Waals surface area contributed by atoms with Gasteiger partial charge in [-0.25, -0.2) is 0 Å². The molecule has 0 saturated heterocycles. The van der Waals surface area contributed by atoms with E-state index in [1.807, 2.05) is 24.3 Å². The topological polar surface area (TPSA) is 56.8 Å². The summed E-state index contributed by atoms with van der Waals surface area (Å²) in [4.78, 5) is 12.0. The Balaban J connectivity index is 1.98. The molecular formula is C20H22ClNO4. The van der Waals surface area contributed by atoms with Crippen molar-refractivity contribution in [3.63, 3.8) is 0 Å². The highest BCUT2D eigenvalue weighted by Crippen LogP contribution is 2.40. The van der Waals surface area contributed by atoms with E-state index in [4.69, 9.17) is 25.8 Å². The maximum absolute atomic E-state index is 12.0. The molecule has 0 fully saturated rings. The summed E-state index contributed by atoms with van der Waals surface area (Å²) in [6.07, 6.45) is 3.88. The summed E-state index contributed by atoms with van der Waals surface area (Å²) in [7, 11) is 4.64. The third-order valence-electron chi connectivity index (χ3n) is 3.78. The lowest BCUT2D eigenvalue weighted by Crippen LogP contribution is -2.23. The molecule has 0 saturated carbocycles. The van der Waals surface area contributed by atoms with Gasteiger partial charge in [0.05, 0.1) is 21.3 Å². The van der Waals surface area contributed by atoms with E-state index in [0.717, 1.165) is 17.5 Å². The molecule has 2 aromatic rings. The van der Waals surface area contributed by atoms with Gasteiger partial charge in [-0.05, 0) is 42.3 Å². The quantitative estimate of drug-likeness (QED) is 0.714. The van der Waals surface area contributed by atoms with Crippen molar-refractivity contribution in [2.24, 2.45) is 0 Å². The molecule has 0 spiro atoms. The van der Waals surface area contributed by atoms with Crippen molar-refractivity contribution in [1.82, 2.24) is 5.32 Å². The highest BCUT2D eigenvalue weighted by atomic mass is 35.5. The number of methoxy groups -OCH3 is 3. The van der Waals surface area contributed by atoms with Gasteiger partial charge in [0, 0.05) is 23.2 Å². The molecule has 0 unspecified atom stereocenters. The van der Waals surface area contributed by atoms with Gasteiger partial charge in [-0.15, -0.1) is 0 Å². The zero-order chi connectivity index (χ0) is 18.9. The zero-order valence-electron chi connectivity index (χ0n) is 15.0. The molecule has 138 valence electrons. The maximum atomic E-state index is 12.0. The van der Waals surface area contributed by atoms with Crippen LogP contribution in [0.2, 0.25) is 5.02 Å². The van der Waals surface area contributed by atoms with Crippen LogP contribution in [0, 0.1) is 0 Å². The van der Waals surface area contributed by atoms with Gasteiger partial charge in [-0.1, -0.05) is 23.7 Å². The highest BCUT2D eigenvalue weighted by molar-refractivity contribution is 6.30. The predicted molar refractivity (Wildman–Crippen MR) is 103 cm³/mol. The summed E-state index contributed by atoms with van der Waals surface area (Å²) >= 11 is 5.86. The number of amides is 1. The highest BCUT2D eigenvalue weighted by Gasteiger charge is 2.14. The fraction of sp³-hybridized carbons (Fsp3) is 0.250. The minimum absolute atomic E-state index is 0.184. The molecule has 0 aromatic heterocycles. The Morgan fingerprint density at radius 3 is 2.31 bits per heavy atom. The molecule has 0 aliphatic carbocycles. The molecule has 0 heterocycles. The number of rotatable bonds is 8. The molecule has 1 amide bonds. The van der Waals surface area contributed by atoms with Crippen LogP contribution in [-0.4, -0.2) is 33.8 Å². The van der Waals surface area contributed by atoms with Crippen molar-refractivity contribution in [1.29, 1.82) is 0 Å². The minimum Gasteiger partial charge on any atom is -0.493 e. The second-order valence-electron chi connectivity index (χ2n) is 5.42. The summed E-state index contributed by atoms with van der Waals surface area (Å²) in [6.45, 7) is 0.536. The molecule has 0 aliphatic rings. The number of hydrogen-bond donors (Lipinski definition) is 1. The van der Waals surface area contributed by atoms with Crippen LogP contribution in [0.3, 0.4) is 0 Å². The smallest absolute Gasteiger partial charge is 0.244 e. The largest absolute Gasteiger partial charge is 0.493 e. The Morgan fingerprint density at radius 2 is 1.69 bits per heavy atom. The van der Waals surface area contributed by atoms with Crippen LogP contribution < -0.4 is 19.5 Å². The number of halogens is 1. The minimum atomic E-state index is -0.184. The Kier molecular flexibility index (Phi) is 7.36. The second kappa shape index (κ2) is 9.73. The fourth-order valence-corrected chi connectivity index (χ4v) is 2.59. The molecule has 0 atom stereocenters. The number of nitrogens with one attached hydrogen (secondary N) is 1. The van der Waals surface area contributed by atoms with E-state index in [1.165, 1.54) is 13.2 Å². The first-order valence-electron chi connectivity index (χ1n) is 8.08. The van der Waals surface area contributed by atoms with Crippen LogP contribution in [0.5, 0.6) is 17.2 Å². The van der Waals surface area contributed by atoms with Gasteiger partial charge in [0.1, 0.15) is 0 Å². The van der Waals surface area contributed by atoms with Crippen LogP contribution in [0.15, 0.2) is 42.5 Å². The molecular weight excluding hydrogens is 354 g/mol. The Labute approximate surface area is 158 Å². The van der Waals surface area contributed by atoms with Crippen LogP contribution in [-0.2, 0) is 11.2 Å². The van der Waals surface area contributed by atoms with Crippen molar-refractivity contribution in [3.8, 4) is 17.2 Å². The normalized spacial score (nSPS) is 10.6. The van der Waals surface area contributed by atoms with Crippen molar-refractivity contribution >= 4 is 23.6 Å². The average molecular weight is 376 g/mol. The summed E-state index contributed by atoms with van der Waals surface area (Å²) < 4.78 is 16.0. The Hall–Kier alpha value is -2.66. The van der Waals surface area contributed by atoms with Gasteiger partial charge in [0.15, 0.2) is 11.5 Å². The van der Waals surface area contributed by atoms with E-state index in [1.54, 1.807) is 32.4 Å². The third-order valence-corrected chi connectivity index (χ3v) is 4.03. The monoisotopic (exact) mass is 375 g/mol. The van der Waals surface area contributed by atoms with Crippen molar-refractivity contribution in [2.75, 3.05) is 27.9 Å². The van der Waals surface area contributed by atoms with Crippen LogP contribution >= 0.6 is 11.6 Å². The van der Waals surface area contributed by atoms with Crippen LogP contribution in [0.1, 0.15) is 11.1 Å². The van der Waals surface area contributed by atoms with E-state index in [-0.39, 0.29) is 5.91 Å². The first kappa shape index (κ1) is 19.7. The van der Waals surface area contributed by atoms with Gasteiger partial charge < -0.3 is 19.5 Å². The molecule has 1 N–H and O–H groups in total. The van der Waals surface area contributed by atoms with Crippen LogP contribution in [0.4, 0.5) is 0 Å².